The SMILES string of the molecule is Fc1cc(Br)ccc1CSc1nnnn1Cc1ccco1. The molecule has 0 aliphatic carbocycles. The summed E-state index contributed by atoms with van der Waals surface area (Å²) in [6, 6.07) is 8.66. The van der Waals surface area contributed by atoms with E-state index < -0.39 is 0 Å². The summed E-state index contributed by atoms with van der Waals surface area (Å²) in [5, 5.41) is 12.1. The fourth-order valence-electron chi connectivity index (χ4n) is 1.73. The van der Waals surface area contributed by atoms with Crippen LogP contribution in [0, 0.1) is 5.82 Å². The zero-order valence-electron chi connectivity index (χ0n) is 10.7. The highest BCUT2D eigenvalue weighted by Gasteiger charge is 2.11. The Morgan fingerprint density at radius 2 is 2.24 bits per heavy atom. The fourth-order valence-corrected chi connectivity index (χ4v) is 2.93. The number of tetrazole rings is 1. The number of benzene rings is 1. The molecule has 2 heterocycles. The Balaban J connectivity index is 1.69. The van der Waals surface area contributed by atoms with Crippen LogP contribution in [0.25, 0.3) is 0 Å². The van der Waals surface area contributed by atoms with Crippen LogP contribution in [0.1, 0.15) is 11.3 Å². The van der Waals surface area contributed by atoms with Crippen molar-refractivity contribution in [3.63, 3.8) is 0 Å². The lowest BCUT2D eigenvalue weighted by Gasteiger charge is -2.04. The first-order valence-corrected chi connectivity index (χ1v) is 7.85. The molecule has 0 N–H and O–H groups in total. The van der Waals surface area contributed by atoms with E-state index >= 15 is 0 Å². The number of rotatable bonds is 5. The highest BCUT2D eigenvalue weighted by atomic mass is 79.9. The second kappa shape index (κ2) is 6.40. The van der Waals surface area contributed by atoms with Gasteiger partial charge in [-0.25, -0.2) is 9.07 Å². The standard InChI is InChI=1S/C13H10BrFN4OS/c14-10-4-3-9(12(15)6-10)8-21-13-16-17-18-19(13)7-11-2-1-5-20-11/h1-6H,7-8H2. The highest BCUT2D eigenvalue weighted by Crippen LogP contribution is 2.24. The van der Waals surface area contributed by atoms with E-state index in [0.29, 0.717) is 23.0 Å². The van der Waals surface area contributed by atoms with Crippen LogP contribution in [-0.4, -0.2) is 20.2 Å². The normalized spacial score (nSPS) is 11.0. The molecule has 0 radical (unpaired) electrons. The molecule has 0 amide bonds. The lowest BCUT2D eigenvalue weighted by Crippen LogP contribution is -2.03. The number of furan rings is 1. The van der Waals surface area contributed by atoms with Crippen LogP contribution < -0.4 is 0 Å². The topological polar surface area (TPSA) is 56.7 Å². The Labute approximate surface area is 132 Å². The molecule has 0 fully saturated rings. The van der Waals surface area contributed by atoms with Gasteiger partial charge in [-0.1, -0.05) is 33.8 Å². The van der Waals surface area contributed by atoms with Gasteiger partial charge in [-0.2, -0.15) is 0 Å². The zero-order chi connectivity index (χ0) is 14.7. The molecule has 8 heteroatoms. The molecule has 3 aromatic rings. The van der Waals surface area contributed by atoms with Crippen molar-refractivity contribution in [2.24, 2.45) is 0 Å². The first kappa shape index (κ1) is 14.3. The summed E-state index contributed by atoms with van der Waals surface area (Å²) < 4.78 is 21.4. The van der Waals surface area contributed by atoms with Gasteiger partial charge in [-0.15, -0.1) is 5.10 Å². The first-order valence-electron chi connectivity index (χ1n) is 6.07. The van der Waals surface area contributed by atoms with E-state index in [-0.39, 0.29) is 5.82 Å². The maximum absolute atomic E-state index is 13.8. The predicted octanol–water partition coefficient (Wildman–Crippen LogP) is 3.51. The van der Waals surface area contributed by atoms with Gasteiger partial charge < -0.3 is 4.42 Å². The van der Waals surface area contributed by atoms with Crippen molar-refractivity contribution in [2.75, 3.05) is 0 Å². The Morgan fingerprint density at radius 3 is 3.00 bits per heavy atom. The molecule has 21 heavy (non-hydrogen) atoms. The van der Waals surface area contributed by atoms with Crippen molar-refractivity contribution < 1.29 is 8.81 Å². The predicted molar refractivity (Wildman–Crippen MR) is 79.3 cm³/mol. The van der Waals surface area contributed by atoms with Crippen LogP contribution in [0.2, 0.25) is 0 Å². The summed E-state index contributed by atoms with van der Waals surface area (Å²) in [6.45, 7) is 0.450. The fraction of sp³-hybridized carbons (Fsp3) is 0.154. The van der Waals surface area contributed by atoms with E-state index in [1.165, 1.54) is 17.8 Å². The average molecular weight is 369 g/mol. The van der Waals surface area contributed by atoms with Gasteiger partial charge in [-0.3, -0.25) is 0 Å². The number of aromatic nitrogens is 4. The van der Waals surface area contributed by atoms with Crippen molar-refractivity contribution in [1.29, 1.82) is 0 Å². The number of thioether (sulfide) groups is 1. The minimum atomic E-state index is -0.248. The van der Waals surface area contributed by atoms with E-state index in [2.05, 4.69) is 31.5 Å². The largest absolute Gasteiger partial charge is 0.467 e. The van der Waals surface area contributed by atoms with Gasteiger partial charge >= 0.3 is 0 Å². The second-order valence-corrected chi connectivity index (χ2v) is 6.08. The summed E-state index contributed by atoms with van der Waals surface area (Å²) in [5.41, 5.74) is 0.607. The van der Waals surface area contributed by atoms with E-state index in [1.807, 2.05) is 18.2 Å². The average Bonchev–Trinajstić information content (AvgIpc) is 3.10. The van der Waals surface area contributed by atoms with Crippen molar-refractivity contribution in [3.05, 3.63) is 58.2 Å². The molecule has 5 nitrogen and oxygen atoms in total. The molecular formula is C13H10BrFN4OS. The van der Waals surface area contributed by atoms with Crippen LogP contribution in [0.3, 0.4) is 0 Å². The zero-order valence-corrected chi connectivity index (χ0v) is 13.1. The number of hydrogen-bond donors (Lipinski definition) is 0. The number of hydrogen-bond acceptors (Lipinski definition) is 5. The van der Waals surface area contributed by atoms with Gasteiger partial charge in [0.25, 0.3) is 0 Å². The van der Waals surface area contributed by atoms with E-state index in [4.69, 9.17) is 4.42 Å². The van der Waals surface area contributed by atoms with Crippen LogP contribution in [0.4, 0.5) is 4.39 Å². The molecule has 0 atom stereocenters. The third kappa shape index (κ3) is 3.51. The van der Waals surface area contributed by atoms with Crippen LogP contribution in [-0.2, 0) is 12.3 Å². The van der Waals surface area contributed by atoms with Crippen LogP contribution >= 0.6 is 27.7 Å². The van der Waals surface area contributed by atoms with Crippen molar-refractivity contribution in [1.82, 2.24) is 20.2 Å². The van der Waals surface area contributed by atoms with Crippen molar-refractivity contribution in [2.45, 2.75) is 17.5 Å². The molecule has 0 saturated heterocycles. The molecule has 0 bridgehead atoms. The first-order chi connectivity index (χ1) is 10.2. The van der Waals surface area contributed by atoms with Crippen LogP contribution in [0.15, 0.2) is 50.6 Å². The quantitative estimate of drug-likeness (QED) is 0.645. The Morgan fingerprint density at radius 1 is 1.33 bits per heavy atom. The monoisotopic (exact) mass is 368 g/mol. The van der Waals surface area contributed by atoms with Crippen LogP contribution in [0.5, 0.6) is 0 Å². The lowest BCUT2D eigenvalue weighted by molar-refractivity contribution is 0.462. The molecule has 3 rings (SSSR count). The maximum atomic E-state index is 13.8. The van der Waals surface area contributed by atoms with Gasteiger partial charge in [0.05, 0.1) is 6.26 Å². The van der Waals surface area contributed by atoms with Gasteiger partial charge in [-0.05, 0) is 40.3 Å². The number of halogens is 2. The van der Waals surface area contributed by atoms with Crippen molar-refractivity contribution >= 4 is 27.7 Å². The van der Waals surface area contributed by atoms with E-state index in [1.54, 1.807) is 17.0 Å². The maximum Gasteiger partial charge on any atom is 0.210 e. The Hall–Kier alpha value is -1.67. The third-order valence-electron chi connectivity index (χ3n) is 2.76. The lowest BCUT2D eigenvalue weighted by atomic mass is 10.2. The van der Waals surface area contributed by atoms with Crippen molar-refractivity contribution in [3.8, 4) is 0 Å². The summed E-state index contributed by atoms with van der Waals surface area (Å²) in [4.78, 5) is 0. The van der Waals surface area contributed by atoms with Gasteiger partial charge in [0.2, 0.25) is 5.16 Å². The summed E-state index contributed by atoms with van der Waals surface area (Å²) in [6.07, 6.45) is 1.60. The number of nitrogens with zero attached hydrogens (tertiary/aromatic N) is 4. The molecule has 0 spiro atoms. The Kier molecular flexibility index (Phi) is 4.35. The molecule has 1 aromatic carbocycles. The summed E-state index contributed by atoms with van der Waals surface area (Å²) in [5.74, 6) is 0.971. The summed E-state index contributed by atoms with van der Waals surface area (Å²) in [7, 11) is 0. The highest BCUT2D eigenvalue weighted by molar-refractivity contribution is 9.10. The molecule has 0 unspecified atom stereocenters. The molecule has 0 aliphatic heterocycles. The smallest absolute Gasteiger partial charge is 0.210 e. The molecule has 0 aliphatic rings. The third-order valence-corrected chi connectivity index (χ3v) is 4.26. The molecular weight excluding hydrogens is 359 g/mol. The van der Waals surface area contributed by atoms with Gasteiger partial charge in [0.15, 0.2) is 0 Å². The summed E-state index contributed by atoms with van der Waals surface area (Å²) >= 11 is 4.62. The minimum absolute atomic E-state index is 0.248. The molecule has 2 aromatic heterocycles. The van der Waals surface area contributed by atoms with E-state index in [0.717, 1.165) is 10.2 Å². The van der Waals surface area contributed by atoms with Gasteiger partial charge in [0, 0.05) is 10.2 Å². The molecule has 108 valence electrons. The minimum Gasteiger partial charge on any atom is -0.467 e. The Bertz CT molecular complexity index is 732. The van der Waals surface area contributed by atoms with Gasteiger partial charge in [0.1, 0.15) is 18.1 Å². The second-order valence-electron chi connectivity index (χ2n) is 4.22. The van der Waals surface area contributed by atoms with E-state index in [9.17, 15) is 4.39 Å². The molecule has 0 saturated carbocycles.